The lowest BCUT2D eigenvalue weighted by Crippen LogP contribution is -3.12. The van der Waals surface area contributed by atoms with Crippen molar-refractivity contribution >= 4 is 23.2 Å². The predicted octanol–water partition coefficient (Wildman–Crippen LogP) is 2.11. The molecule has 0 saturated carbocycles. The molecule has 24 heavy (non-hydrogen) atoms. The minimum atomic E-state index is -0.203. The van der Waals surface area contributed by atoms with Crippen molar-refractivity contribution < 1.29 is 19.2 Å². The first-order chi connectivity index (χ1) is 11.5. The molecule has 0 radical (unpaired) electrons. The van der Waals surface area contributed by atoms with Crippen LogP contribution < -0.4 is 19.7 Å². The summed E-state index contributed by atoms with van der Waals surface area (Å²) >= 11 is 5.90. The van der Waals surface area contributed by atoms with Crippen molar-refractivity contribution in [2.75, 3.05) is 19.2 Å². The van der Waals surface area contributed by atoms with E-state index in [1.807, 2.05) is 44.3 Å². The summed E-state index contributed by atoms with van der Waals surface area (Å²) in [5.74, 6) is 1.31. The van der Waals surface area contributed by atoms with Crippen LogP contribution in [-0.2, 0) is 11.3 Å². The average molecular weight is 348 g/mol. The van der Waals surface area contributed by atoms with Crippen molar-refractivity contribution in [2.45, 2.75) is 19.5 Å². The maximum absolute atomic E-state index is 12.5. The van der Waals surface area contributed by atoms with Crippen LogP contribution in [0.3, 0.4) is 0 Å². The lowest BCUT2D eigenvalue weighted by atomic mass is 10.2. The lowest BCUT2D eigenvalue weighted by Gasteiger charge is -2.21. The molecule has 3 rings (SSSR count). The van der Waals surface area contributed by atoms with Gasteiger partial charge in [0, 0.05) is 22.3 Å². The molecule has 126 valence electrons. The highest BCUT2D eigenvalue weighted by Crippen LogP contribution is 2.34. The summed E-state index contributed by atoms with van der Waals surface area (Å²) in [7, 11) is 2.00. The summed E-state index contributed by atoms with van der Waals surface area (Å²) in [5, 5.41) is 3.64. The molecule has 1 amide bonds. The van der Waals surface area contributed by atoms with Crippen LogP contribution in [0.15, 0.2) is 42.5 Å². The van der Waals surface area contributed by atoms with Gasteiger partial charge in [-0.25, -0.2) is 0 Å². The van der Waals surface area contributed by atoms with Gasteiger partial charge in [0.15, 0.2) is 17.5 Å². The fourth-order valence-corrected chi connectivity index (χ4v) is 2.65. The zero-order chi connectivity index (χ0) is 17.1. The van der Waals surface area contributed by atoms with E-state index in [0.29, 0.717) is 22.2 Å². The minimum Gasteiger partial charge on any atom is -0.454 e. The molecular weight excluding hydrogens is 328 g/mol. The molecule has 1 aliphatic rings. The van der Waals surface area contributed by atoms with E-state index in [-0.39, 0.29) is 18.7 Å². The van der Waals surface area contributed by atoms with Gasteiger partial charge >= 0.3 is 0 Å². The van der Waals surface area contributed by atoms with Crippen LogP contribution in [0.2, 0.25) is 5.02 Å². The van der Waals surface area contributed by atoms with E-state index in [4.69, 9.17) is 21.1 Å². The second-order valence-electron chi connectivity index (χ2n) is 5.93. The number of quaternary nitrogens is 1. The Morgan fingerprint density at radius 2 is 1.92 bits per heavy atom. The number of carbonyl (C=O) groups excluding carboxylic acids is 1. The van der Waals surface area contributed by atoms with Crippen LogP contribution in [0.5, 0.6) is 11.5 Å². The summed E-state index contributed by atoms with van der Waals surface area (Å²) in [5.41, 5.74) is 1.84. The topological polar surface area (TPSA) is 52.0 Å². The molecule has 1 heterocycles. The number of likely N-dealkylation sites (N-methyl/N-ethyl adjacent to an activating group) is 1. The zero-order valence-electron chi connectivity index (χ0n) is 13.6. The molecule has 1 aliphatic heterocycles. The molecule has 0 fully saturated rings. The summed E-state index contributed by atoms with van der Waals surface area (Å²) in [6, 6.07) is 12.9. The van der Waals surface area contributed by atoms with E-state index < -0.39 is 0 Å². The van der Waals surface area contributed by atoms with Crippen molar-refractivity contribution in [1.82, 2.24) is 0 Å². The highest BCUT2D eigenvalue weighted by Gasteiger charge is 2.23. The van der Waals surface area contributed by atoms with E-state index >= 15 is 0 Å². The van der Waals surface area contributed by atoms with Crippen LogP contribution in [-0.4, -0.2) is 25.8 Å². The number of amides is 1. The molecule has 0 aromatic heterocycles. The molecule has 0 spiro atoms. The number of carbonyl (C=O) groups is 1. The Labute approximate surface area is 146 Å². The van der Waals surface area contributed by atoms with Crippen molar-refractivity contribution in [3.63, 3.8) is 0 Å². The highest BCUT2D eigenvalue weighted by atomic mass is 35.5. The molecular formula is C18H20ClN2O3+. The summed E-state index contributed by atoms with van der Waals surface area (Å²) in [6.45, 7) is 2.87. The third-order valence-corrected chi connectivity index (χ3v) is 4.42. The molecule has 2 aromatic rings. The highest BCUT2D eigenvalue weighted by molar-refractivity contribution is 6.30. The van der Waals surface area contributed by atoms with Gasteiger partial charge in [0.1, 0.15) is 6.54 Å². The van der Waals surface area contributed by atoms with E-state index in [9.17, 15) is 4.79 Å². The van der Waals surface area contributed by atoms with Crippen LogP contribution in [0.4, 0.5) is 5.69 Å². The second kappa shape index (κ2) is 7.11. The fraction of sp³-hybridized carbons (Fsp3) is 0.278. The molecule has 0 saturated heterocycles. The van der Waals surface area contributed by atoms with E-state index in [1.165, 1.54) is 0 Å². The van der Waals surface area contributed by atoms with Gasteiger partial charge in [0.2, 0.25) is 6.79 Å². The first-order valence-electron chi connectivity index (χ1n) is 7.80. The van der Waals surface area contributed by atoms with E-state index in [1.54, 1.807) is 12.1 Å². The zero-order valence-corrected chi connectivity index (χ0v) is 14.4. The maximum Gasteiger partial charge on any atom is 0.282 e. The first-order valence-corrected chi connectivity index (χ1v) is 8.18. The number of anilines is 1. The molecule has 5 nitrogen and oxygen atoms in total. The van der Waals surface area contributed by atoms with Crippen molar-refractivity contribution in [2.24, 2.45) is 0 Å². The van der Waals surface area contributed by atoms with Gasteiger partial charge in [-0.2, -0.15) is 0 Å². The number of hydrogen-bond acceptors (Lipinski definition) is 3. The van der Waals surface area contributed by atoms with Crippen LogP contribution in [0.1, 0.15) is 12.5 Å². The van der Waals surface area contributed by atoms with Crippen molar-refractivity contribution in [1.29, 1.82) is 0 Å². The lowest BCUT2D eigenvalue weighted by molar-refractivity contribution is -0.907. The van der Waals surface area contributed by atoms with E-state index in [0.717, 1.165) is 17.0 Å². The van der Waals surface area contributed by atoms with Gasteiger partial charge in [0.25, 0.3) is 5.91 Å². The predicted molar refractivity (Wildman–Crippen MR) is 92.7 cm³/mol. The molecule has 0 aliphatic carbocycles. The Balaban J connectivity index is 1.60. The third kappa shape index (κ3) is 3.80. The number of ether oxygens (including phenoxy) is 2. The Kier molecular flexibility index (Phi) is 4.92. The number of fused-ring (bicyclic) bond motifs is 1. The minimum absolute atomic E-state index is 0.0414. The molecule has 2 atom stereocenters. The smallest absolute Gasteiger partial charge is 0.282 e. The van der Waals surface area contributed by atoms with Gasteiger partial charge in [-0.05, 0) is 31.2 Å². The Hall–Kier alpha value is -2.24. The summed E-state index contributed by atoms with van der Waals surface area (Å²) in [6.07, 6.45) is 0. The number of rotatable bonds is 5. The molecule has 2 aromatic carbocycles. The van der Waals surface area contributed by atoms with Crippen LogP contribution in [0, 0.1) is 0 Å². The normalized spacial score (nSPS) is 15.0. The Morgan fingerprint density at radius 1 is 1.21 bits per heavy atom. The standard InChI is InChI=1S/C18H19ClN2O3/c1-12(21(2)10-13-3-5-14(19)6-4-13)18(22)20-15-7-8-16-17(9-15)24-11-23-16/h3-9,12H,10-11H2,1-2H3,(H,20,22)/p+1/t12-/m0/s1. The fourth-order valence-electron chi connectivity index (χ4n) is 2.53. The van der Waals surface area contributed by atoms with Crippen LogP contribution in [0.25, 0.3) is 0 Å². The quantitative estimate of drug-likeness (QED) is 0.871. The maximum atomic E-state index is 12.5. The Bertz CT molecular complexity index is 734. The van der Waals surface area contributed by atoms with Gasteiger partial charge in [0.05, 0.1) is 7.05 Å². The largest absolute Gasteiger partial charge is 0.454 e. The monoisotopic (exact) mass is 347 g/mol. The van der Waals surface area contributed by atoms with Gasteiger partial charge in [-0.1, -0.05) is 23.7 Å². The van der Waals surface area contributed by atoms with Crippen molar-refractivity contribution in [3.8, 4) is 11.5 Å². The molecule has 0 bridgehead atoms. The molecule has 6 heteroatoms. The van der Waals surface area contributed by atoms with Gasteiger partial charge in [-0.3, -0.25) is 4.79 Å². The number of nitrogens with one attached hydrogen (secondary N) is 2. The van der Waals surface area contributed by atoms with E-state index in [2.05, 4.69) is 5.32 Å². The summed E-state index contributed by atoms with van der Waals surface area (Å²) < 4.78 is 10.6. The molecule has 1 unspecified atom stereocenters. The van der Waals surface area contributed by atoms with Crippen molar-refractivity contribution in [3.05, 3.63) is 53.1 Å². The SMILES string of the molecule is C[C@@H](C(=O)Nc1ccc2c(c1)OCO2)[NH+](C)Cc1ccc(Cl)cc1. The van der Waals surface area contributed by atoms with Gasteiger partial charge in [-0.15, -0.1) is 0 Å². The Morgan fingerprint density at radius 3 is 2.67 bits per heavy atom. The van der Waals surface area contributed by atoms with Gasteiger partial charge < -0.3 is 19.7 Å². The number of hydrogen-bond donors (Lipinski definition) is 2. The average Bonchev–Trinajstić information content (AvgIpc) is 3.03. The van der Waals surface area contributed by atoms with Crippen LogP contribution >= 0.6 is 11.6 Å². The second-order valence-corrected chi connectivity index (χ2v) is 6.37. The number of benzene rings is 2. The third-order valence-electron chi connectivity index (χ3n) is 4.17. The molecule has 2 N–H and O–H groups in total. The summed E-state index contributed by atoms with van der Waals surface area (Å²) in [4.78, 5) is 13.6. The first kappa shape index (κ1) is 16.6. The number of halogens is 1.